The number of carbonyl (C=O) groups is 1. The number of benzene rings is 2. The van der Waals surface area contributed by atoms with Gasteiger partial charge >= 0.3 is 0 Å². The summed E-state index contributed by atoms with van der Waals surface area (Å²) in [7, 11) is 0. The van der Waals surface area contributed by atoms with Gasteiger partial charge in [0.05, 0.1) is 16.3 Å². The van der Waals surface area contributed by atoms with E-state index in [-0.39, 0.29) is 10.6 Å². The van der Waals surface area contributed by atoms with E-state index in [1.807, 2.05) is 61.0 Å². The highest BCUT2D eigenvalue weighted by atomic mass is 35.5. The van der Waals surface area contributed by atoms with Crippen molar-refractivity contribution in [2.24, 2.45) is 0 Å². The van der Waals surface area contributed by atoms with Gasteiger partial charge in [-0.3, -0.25) is 4.79 Å². The van der Waals surface area contributed by atoms with E-state index >= 15 is 0 Å². The molecule has 0 saturated heterocycles. The van der Waals surface area contributed by atoms with Crippen molar-refractivity contribution in [1.29, 1.82) is 0 Å². The third-order valence-electron chi connectivity index (χ3n) is 4.64. The number of amides is 1. The lowest BCUT2D eigenvalue weighted by atomic mass is 10.1. The van der Waals surface area contributed by atoms with E-state index in [9.17, 15) is 9.18 Å². The molecule has 6 heteroatoms. The molecule has 0 radical (unpaired) electrons. The van der Waals surface area contributed by atoms with Crippen LogP contribution >= 0.6 is 11.6 Å². The lowest BCUT2D eigenvalue weighted by Gasteiger charge is -2.11. The minimum Gasteiger partial charge on any atom is -0.322 e. The highest BCUT2D eigenvalue weighted by molar-refractivity contribution is 6.34. The van der Waals surface area contributed by atoms with Crippen LogP contribution in [0, 0.1) is 19.7 Å². The standard InChI is InChI=1S/C22H17ClFN3O/c1-13-5-6-15(20-12-27-9-3-4-14(2)21(27)25-20)10-19(13)26-22(28)17-8-7-16(24)11-18(17)23/h3-12H,1-2H3,(H,26,28). The molecule has 2 aromatic heterocycles. The maximum absolute atomic E-state index is 13.2. The zero-order chi connectivity index (χ0) is 19.8. The second-order valence-electron chi connectivity index (χ2n) is 6.66. The van der Waals surface area contributed by atoms with Crippen molar-refractivity contribution in [2.45, 2.75) is 13.8 Å². The smallest absolute Gasteiger partial charge is 0.257 e. The average Bonchev–Trinajstić information content (AvgIpc) is 3.09. The van der Waals surface area contributed by atoms with Crippen molar-refractivity contribution in [1.82, 2.24) is 9.38 Å². The van der Waals surface area contributed by atoms with E-state index in [1.165, 1.54) is 12.1 Å². The zero-order valence-electron chi connectivity index (χ0n) is 15.3. The van der Waals surface area contributed by atoms with Crippen molar-refractivity contribution in [3.05, 3.63) is 88.5 Å². The highest BCUT2D eigenvalue weighted by Gasteiger charge is 2.14. The monoisotopic (exact) mass is 393 g/mol. The van der Waals surface area contributed by atoms with Gasteiger partial charge in [0.1, 0.15) is 11.5 Å². The summed E-state index contributed by atoms with van der Waals surface area (Å²) >= 11 is 6.00. The molecule has 1 amide bonds. The number of anilines is 1. The van der Waals surface area contributed by atoms with Crippen molar-refractivity contribution in [3.8, 4) is 11.3 Å². The molecule has 1 N–H and O–H groups in total. The molecule has 0 aliphatic rings. The van der Waals surface area contributed by atoms with Crippen molar-refractivity contribution in [3.63, 3.8) is 0 Å². The Balaban J connectivity index is 1.68. The van der Waals surface area contributed by atoms with Crippen LogP contribution in [0.3, 0.4) is 0 Å². The second-order valence-corrected chi connectivity index (χ2v) is 7.06. The lowest BCUT2D eigenvalue weighted by molar-refractivity contribution is 0.102. The maximum atomic E-state index is 13.2. The van der Waals surface area contributed by atoms with Crippen LogP contribution in [0.4, 0.5) is 10.1 Å². The predicted molar refractivity (Wildman–Crippen MR) is 109 cm³/mol. The first kappa shape index (κ1) is 18.2. The lowest BCUT2D eigenvalue weighted by Crippen LogP contribution is -2.13. The zero-order valence-corrected chi connectivity index (χ0v) is 16.1. The molecule has 140 valence electrons. The minimum absolute atomic E-state index is 0.0714. The molecule has 2 heterocycles. The maximum Gasteiger partial charge on any atom is 0.257 e. The van der Waals surface area contributed by atoms with Crippen LogP contribution in [-0.2, 0) is 0 Å². The first-order chi connectivity index (χ1) is 13.4. The van der Waals surface area contributed by atoms with Crippen LogP contribution in [0.25, 0.3) is 16.9 Å². The first-order valence-corrected chi connectivity index (χ1v) is 9.12. The third kappa shape index (κ3) is 3.37. The molecule has 0 unspecified atom stereocenters. The van der Waals surface area contributed by atoms with E-state index in [0.717, 1.165) is 34.1 Å². The number of nitrogens with zero attached hydrogens (tertiary/aromatic N) is 2. The summed E-state index contributed by atoms with van der Waals surface area (Å²) in [6.07, 6.45) is 3.90. The molecule has 0 spiro atoms. The number of imidazole rings is 1. The van der Waals surface area contributed by atoms with Gasteiger partial charge in [-0.1, -0.05) is 29.8 Å². The fourth-order valence-electron chi connectivity index (χ4n) is 3.07. The van der Waals surface area contributed by atoms with E-state index in [4.69, 9.17) is 16.6 Å². The first-order valence-electron chi connectivity index (χ1n) is 8.74. The molecule has 0 bridgehead atoms. The number of hydrogen-bond donors (Lipinski definition) is 1. The Labute approximate surface area is 166 Å². The fourth-order valence-corrected chi connectivity index (χ4v) is 3.33. The fraction of sp³-hybridized carbons (Fsp3) is 0.0909. The molecule has 4 rings (SSSR count). The quantitative estimate of drug-likeness (QED) is 0.488. The number of rotatable bonds is 3. The number of aromatic nitrogens is 2. The number of fused-ring (bicyclic) bond motifs is 1. The number of aryl methyl sites for hydroxylation is 2. The molecule has 4 nitrogen and oxygen atoms in total. The van der Waals surface area contributed by atoms with Gasteiger partial charge < -0.3 is 9.72 Å². The number of nitrogens with one attached hydrogen (secondary N) is 1. The van der Waals surface area contributed by atoms with Gasteiger partial charge in [0.2, 0.25) is 0 Å². The molecule has 0 fully saturated rings. The summed E-state index contributed by atoms with van der Waals surface area (Å²) in [4.78, 5) is 17.3. The topological polar surface area (TPSA) is 46.4 Å². The van der Waals surface area contributed by atoms with Crippen LogP contribution in [0.1, 0.15) is 21.5 Å². The Morgan fingerprint density at radius 2 is 1.93 bits per heavy atom. The summed E-state index contributed by atoms with van der Waals surface area (Å²) in [5, 5.41) is 2.93. The van der Waals surface area contributed by atoms with Crippen LogP contribution in [0.5, 0.6) is 0 Å². The molecule has 2 aromatic carbocycles. The van der Waals surface area contributed by atoms with Gasteiger partial charge in [-0.2, -0.15) is 0 Å². The summed E-state index contributed by atoms with van der Waals surface area (Å²) in [5.41, 5.74) is 5.43. The number of halogens is 2. The Morgan fingerprint density at radius 3 is 2.68 bits per heavy atom. The summed E-state index contributed by atoms with van der Waals surface area (Å²) in [5.74, 6) is -0.877. The Morgan fingerprint density at radius 1 is 1.11 bits per heavy atom. The molecule has 0 atom stereocenters. The molecule has 0 aliphatic heterocycles. The average molecular weight is 394 g/mol. The van der Waals surface area contributed by atoms with E-state index in [2.05, 4.69) is 5.32 Å². The van der Waals surface area contributed by atoms with E-state index in [1.54, 1.807) is 0 Å². The molecule has 0 aliphatic carbocycles. The molecule has 0 saturated carbocycles. The third-order valence-corrected chi connectivity index (χ3v) is 4.95. The molecule has 4 aromatic rings. The van der Waals surface area contributed by atoms with Gasteiger partial charge in [0.25, 0.3) is 5.91 Å². The summed E-state index contributed by atoms with van der Waals surface area (Å²) in [6, 6.07) is 13.5. The van der Waals surface area contributed by atoms with Crippen molar-refractivity contribution >= 4 is 28.8 Å². The van der Waals surface area contributed by atoms with Gasteiger partial charge in [-0.15, -0.1) is 0 Å². The highest BCUT2D eigenvalue weighted by Crippen LogP contribution is 2.27. The van der Waals surface area contributed by atoms with Crippen LogP contribution in [-0.4, -0.2) is 15.3 Å². The van der Waals surface area contributed by atoms with Crippen LogP contribution < -0.4 is 5.32 Å². The number of carbonyl (C=O) groups excluding carboxylic acids is 1. The summed E-state index contributed by atoms with van der Waals surface area (Å²) in [6.45, 7) is 3.92. The molecular formula is C22H17ClFN3O. The van der Waals surface area contributed by atoms with Gasteiger partial charge in [0.15, 0.2) is 0 Å². The van der Waals surface area contributed by atoms with Crippen LogP contribution in [0.2, 0.25) is 5.02 Å². The normalized spacial score (nSPS) is 11.0. The minimum atomic E-state index is -0.484. The number of hydrogen-bond acceptors (Lipinski definition) is 2. The van der Waals surface area contributed by atoms with Crippen molar-refractivity contribution < 1.29 is 9.18 Å². The van der Waals surface area contributed by atoms with Gasteiger partial charge in [0, 0.05) is 23.6 Å². The molecule has 28 heavy (non-hydrogen) atoms. The Kier molecular flexibility index (Phi) is 4.61. The number of pyridine rings is 1. The molecular weight excluding hydrogens is 377 g/mol. The van der Waals surface area contributed by atoms with Gasteiger partial charge in [-0.25, -0.2) is 9.37 Å². The van der Waals surface area contributed by atoms with Crippen LogP contribution in [0.15, 0.2) is 60.9 Å². The summed E-state index contributed by atoms with van der Waals surface area (Å²) < 4.78 is 15.2. The predicted octanol–water partition coefficient (Wildman–Crippen LogP) is 5.66. The largest absolute Gasteiger partial charge is 0.322 e. The van der Waals surface area contributed by atoms with E-state index in [0.29, 0.717) is 5.69 Å². The van der Waals surface area contributed by atoms with Crippen molar-refractivity contribution in [2.75, 3.05) is 5.32 Å². The second kappa shape index (κ2) is 7.09. The Hall–Kier alpha value is -3.18. The SMILES string of the molecule is Cc1ccc(-c2cn3cccc(C)c3n2)cc1NC(=O)c1ccc(F)cc1Cl. The Bertz CT molecular complexity index is 1220. The van der Waals surface area contributed by atoms with Gasteiger partial charge in [-0.05, 0) is 55.3 Å². The van der Waals surface area contributed by atoms with E-state index < -0.39 is 11.7 Å².